The number of fused-ring (bicyclic) bond motifs is 6. The lowest BCUT2D eigenvalue weighted by atomic mass is 9.78. The van der Waals surface area contributed by atoms with E-state index in [9.17, 15) is 0 Å². The molecular formula is C48H34. The van der Waals surface area contributed by atoms with Gasteiger partial charge in [0, 0.05) is 0 Å². The molecule has 48 heavy (non-hydrogen) atoms. The van der Waals surface area contributed by atoms with Gasteiger partial charge in [0.1, 0.15) is 0 Å². The zero-order chi connectivity index (χ0) is 31.8. The van der Waals surface area contributed by atoms with Gasteiger partial charge in [-0.2, -0.15) is 0 Å². The summed E-state index contributed by atoms with van der Waals surface area (Å²) in [7, 11) is 0. The third kappa shape index (κ3) is 3.90. The molecule has 0 heteroatoms. The van der Waals surface area contributed by atoms with Crippen molar-refractivity contribution >= 4 is 75.4 Å². The van der Waals surface area contributed by atoms with Crippen LogP contribution >= 0.6 is 0 Å². The largest absolute Gasteiger partial charge is 0.0654 e. The average molecular weight is 611 g/mol. The van der Waals surface area contributed by atoms with Crippen LogP contribution in [0, 0.1) is 0 Å². The van der Waals surface area contributed by atoms with Crippen LogP contribution in [0.25, 0.3) is 97.7 Å². The fraction of sp³-hybridized carbons (Fsp3) is 0.0833. The lowest BCUT2D eigenvalue weighted by Gasteiger charge is -2.25. The first-order valence-corrected chi connectivity index (χ1v) is 17.3. The van der Waals surface area contributed by atoms with E-state index in [1.165, 1.54) is 103 Å². The maximum Gasteiger partial charge on any atom is -0.00141 e. The molecule has 0 amide bonds. The van der Waals surface area contributed by atoms with Crippen molar-refractivity contribution in [3.63, 3.8) is 0 Å². The summed E-state index contributed by atoms with van der Waals surface area (Å²) in [6, 6.07) is 57.1. The highest BCUT2D eigenvalue weighted by Crippen LogP contribution is 2.50. The number of hydrogen-bond acceptors (Lipinski definition) is 0. The number of benzene rings is 10. The molecule has 0 atom stereocenters. The Hall–Kier alpha value is -5.72. The summed E-state index contributed by atoms with van der Waals surface area (Å²) in [6.07, 6.45) is 3.30. The molecule has 0 aliphatic carbocycles. The zero-order valence-electron chi connectivity index (χ0n) is 27.1. The molecule has 0 saturated carbocycles. The van der Waals surface area contributed by atoms with Gasteiger partial charge in [-0.05, 0) is 116 Å². The highest BCUT2D eigenvalue weighted by Gasteiger charge is 2.24. The lowest BCUT2D eigenvalue weighted by Crippen LogP contribution is -2.00. The molecule has 0 unspecified atom stereocenters. The molecule has 10 aromatic rings. The Kier molecular flexibility index (Phi) is 6.08. The lowest BCUT2D eigenvalue weighted by molar-refractivity contribution is 0.798. The Labute approximate surface area is 280 Å². The minimum atomic E-state index is 1.02. The van der Waals surface area contributed by atoms with Gasteiger partial charge in [0.05, 0.1) is 0 Å². The van der Waals surface area contributed by atoms with Crippen LogP contribution in [0.2, 0.25) is 0 Å². The van der Waals surface area contributed by atoms with Crippen molar-refractivity contribution in [2.75, 3.05) is 0 Å². The van der Waals surface area contributed by atoms with E-state index in [1.54, 1.807) is 0 Å². The number of hydrogen-bond donors (Lipinski definition) is 0. The summed E-state index contributed by atoms with van der Waals surface area (Å²) < 4.78 is 0. The van der Waals surface area contributed by atoms with Crippen LogP contribution < -0.4 is 0 Å². The number of rotatable bonds is 5. The number of unbranched alkanes of at least 4 members (excludes halogenated alkanes) is 1. The molecule has 0 heterocycles. The average Bonchev–Trinajstić information content (AvgIpc) is 3.15. The third-order valence-corrected chi connectivity index (χ3v) is 10.8. The van der Waals surface area contributed by atoms with Crippen molar-refractivity contribution in [1.82, 2.24) is 0 Å². The maximum atomic E-state index is 2.41. The fourth-order valence-corrected chi connectivity index (χ4v) is 8.68. The van der Waals surface area contributed by atoms with Gasteiger partial charge in [-0.15, -0.1) is 0 Å². The van der Waals surface area contributed by atoms with Crippen molar-refractivity contribution in [1.29, 1.82) is 0 Å². The van der Waals surface area contributed by atoms with Crippen LogP contribution in [0.5, 0.6) is 0 Å². The second-order valence-corrected chi connectivity index (χ2v) is 13.4. The Balaban J connectivity index is 1.43. The van der Waals surface area contributed by atoms with E-state index < -0.39 is 0 Å². The van der Waals surface area contributed by atoms with Gasteiger partial charge in [-0.3, -0.25) is 0 Å². The van der Waals surface area contributed by atoms with Crippen LogP contribution in [0.3, 0.4) is 0 Å². The summed E-state index contributed by atoms with van der Waals surface area (Å²) >= 11 is 0. The molecule has 0 aliphatic rings. The predicted molar refractivity (Wildman–Crippen MR) is 210 cm³/mol. The van der Waals surface area contributed by atoms with Crippen molar-refractivity contribution in [2.24, 2.45) is 0 Å². The molecule has 0 aliphatic heterocycles. The van der Waals surface area contributed by atoms with Gasteiger partial charge in [0.15, 0.2) is 0 Å². The molecule has 10 aromatic carbocycles. The topological polar surface area (TPSA) is 0 Å². The fourth-order valence-electron chi connectivity index (χ4n) is 8.68. The zero-order valence-corrected chi connectivity index (χ0v) is 27.1. The van der Waals surface area contributed by atoms with E-state index in [0.717, 1.165) is 19.3 Å². The minimum absolute atomic E-state index is 1.02. The third-order valence-electron chi connectivity index (χ3n) is 10.8. The van der Waals surface area contributed by atoms with E-state index in [0.29, 0.717) is 0 Å². The highest BCUT2D eigenvalue weighted by molar-refractivity contribution is 6.31. The minimum Gasteiger partial charge on any atom is -0.0654 e. The van der Waals surface area contributed by atoms with Crippen molar-refractivity contribution in [3.8, 4) is 22.3 Å². The molecule has 0 nitrogen and oxygen atoms in total. The van der Waals surface area contributed by atoms with Crippen LogP contribution in [-0.2, 0) is 6.42 Å². The molecule has 10 rings (SSSR count). The van der Waals surface area contributed by atoms with Crippen molar-refractivity contribution in [2.45, 2.75) is 26.2 Å². The van der Waals surface area contributed by atoms with Crippen molar-refractivity contribution < 1.29 is 0 Å². The smallest absolute Gasteiger partial charge is 0.00141 e. The van der Waals surface area contributed by atoms with Gasteiger partial charge in [0.2, 0.25) is 0 Å². The molecule has 0 aromatic heterocycles. The van der Waals surface area contributed by atoms with Crippen LogP contribution in [0.15, 0.2) is 152 Å². The highest BCUT2D eigenvalue weighted by atomic mass is 14.3. The molecule has 0 radical (unpaired) electrons. The maximum absolute atomic E-state index is 2.41. The Morgan fingerprint density at radius 1 is 0.333 bits per heavy atom. The van der Waals surface area contributed by atoms with Crippen LogP contribution in [0.4, 0.5) is 0 Å². The van der Waals surface area contributed by atoms with E-state index in [1.807, 2.05) is 0 Å². The van der Waals surface area contributed by atoms with Gasteiger partial charge in [0.25, 0.3) is 0 Å². The second kappa shape index (κ2) is 10.7. The van der Waals surface area contributed by atoms with Gasteiger partial charge >= 0.3 is 0 Å². The second-order valence-electron chi connectivity index (χ2n) is 13.4. The summed E-state index contributed by atoms with van der Waals surface area (Å²) in [4.78, 5) is 0. The first kappa shape index (κ1) is 27.4. The van der Waals surface area contributed by atoms with E-state index in [2.05, 4.69) is 159 Å². The Morgan fingerprint density at radius 3 is 1.31 bits per heavy atom. The monoisotopic (exact) mass is 610 g/mol. The molecule has 226 valence electrons. The molecule has 0 fully saturated rings. The normalized spacial score (nSPS) is 12.1. The first-order valence-electron chi connectivity index (χ1n) is 17.3. The van der Waals surface area contributed by atoms with Crippen LogP contribution in [-0.4, -0.2) is 0 Å². The van der Waals surface area contributed by atoms with Crippen LogP contribution in [0.1, 0.15) is 25.3 Å². The molecule has 0 saturated heterocycles. The Bertz CT molecular complexity index is 2680. The summed E-state index contributed by atoms with van der Waals surface area (Å²) in [5.74, 6) is 0. The summed E-state index contributed by atoms with van der Waals surface area (Å²) in [5.41, 5.74) is 6.90. The molecular weight excluding hydrogens is 577 g/mol. The predicted octanol–water partition coefficient (Wildman–Crippen LogP) is 13.9. The molecule has 0 N–H and O–H groups in total. The van der Waals surface area contributed by atoms with E-state index >= 15 is 0 Å². The van der Waals surface area contributed by atoms with Gasteiger partial charge in [-0.25, -0.2) is 0 Å². The Morgan fingerprint density at radius 2 is 0.771 bits per heavy atom. The van der Waals surface area contributed by atoms with E-state index in [-0.39, 0.29) is 0 Å². The van der Waals surface area contributed by atoms with E-state index in [4.69, 9.17) is 0 Å². The van der Waals surface area contributed by atoms with Gasteiger partial charge < -0.3 is 0 Å². The first-order chi connectivity index (χ1) is 23.8. The molecule has 0 bridgehead atoms. The summed E-state index contributed by atoms with van der Waals surface area (Å²) in [6.45, 7) is 2.32. The SMILES string of the molecule is CCCCc1c(-c2cccc3c2ccc2ccccc23)c2ccc3cccc4ccc(c1-c1cccc5c1ccc1ccccc15)c2c34. The summed E-state index contributed by atoms with van der Waals surface area (Å²) in [5, 5.41) is 18.5. The van der Waals surface area contributed by atoms with Crippen molar-refractivity contribution in [3.05, 3.63) is 157 Å². The van der Waals surface area contributed by atoms with Gasteiger partial charge in [-0.1, -0.05) is 165 Å². The quantitative estimate of drug-likeness (QED) is 0.170. The standard InChI is InChI=1S/C48H34/c1-2-3-15-42-46(40-20-9-18-36-34-16-6-4-11-30(34)22-26-38(36)40)43-28-24-32-13-8-14-33-25-29-44(48(43)45(32)33)47(42)41-21-10-19-37-35-17-7-5-12-31(35)23-27-39(37)41/h4-14,16-29H,2-3,15H2,1H3. The molecule has 0 spiro atoms.